The molecule has 1 aromatic heterocycles. The second-order valence-electron chi connectivity index (χ2n) is 6.79. The average Bonchev–Trinajstić information content (AvgIpc) is 3.32. The normalized spacial score (nSPS) is 35.1. The minimum Gasteiger partial charge on any atom is -0.274 e. The van der Waals surface area contributed by atoms with Crippen LogP contribution in [0, 0.1) is 23.7 Å². The predicted octanol–water partition coefficient (Wildman–Crippen LogP) is 3.07. The first-order valence-corrected chi connectivity index (χ1v) is 8.96. The Morgan fingerprint density at radius 2 is 1.83 bits per heavy atom. The second kappa shape index (κ2) is 4.74. The molecule has 2 heterocycles. The molecule has 2 saturated carbocycles. The number of fused-ring (bicyclic) bond motifs is 5. The molecule has 2 amide bonds. The number of anilines is 1. The summed E-state index contributed by atoms with van der Waals surface area (Å²) in [4.78, 5) is 31.3. The van der Waals surface area contributed by atoms with Gasteiger partial charge in [-0.2, -0.15) is 0 Å². The number of hydrogen-bond donors (Lipinski definition) is 0. The molecule has 2 aromatic rings. The van der Waals surface area contributed by atoms with Gasteiger partial charge in [0.2, 0.25) is 11.8 Å². The Kier molecular flexibility index (Phi) is 2.77. The molecule has 5 atom stereocenters. The number of carbonyl (C=O) groups excluding carboxylic acids is 2. The summed E-state index contributed by atoms with van der Waals surface area (Å²) in [5, 5.41) is 2.34. The number of amides is 2. The fourth-order valence-corrected chi connectivity index (χ4v) is 5.71. The maximum absolute atomic E-state index is 12.9. The lowest BCUT2D eigenvalue weighted by molar-refractivity contribution is -0.123. The lowest BCUT2D eigenvalue weighted by Crippen LogP contribution is -2.32. The molecule has 2 aliphatic carbocycles. The Balaban J connectivity index is 1.51. The van der Waals surface area contributed by atoms with E-state index in [1.54, 1.807) is 6.20 Å². The molecule has 5 heteroatoms. The third-order valence-corrected chi connectivity index (χ3v) is 6.61. The number of benzene rings is 1. The van der Waals surface area contributed by atoms with Gasteiger partial charge in [0.05, 0.1) is 11.8 Å². The van der Waals surface area contributed by atoms with E-state index in [1.807, 2.05) is 11.4 Å². The number of carbonyl (C=O) groups is 2. The van der Waals surface area contributed by atoms with E-state index >= 15 is 0 Å². The number of rotatable bonds is 2. The van der Waals surface area contributed by atoms with Crippen molar-refractivity contribution in [2.75, 3.05) is 4.90 Å². The summed E-state index contributed by atoms with van der Waals surface area (Å²) < 4.78 is 0. The van der Waals surface area contributed by atoms with Crippen molar-refractivity contribution in [3.63, 3.8) is 0 Å². The van der Waals surface area contributed by atoms with Crippen molar-refractivity contribution in [1.82, 2.24) is 4.98 Å². The predicted molar refractivity (Wildman–Crippen MR) is 87.0 cm³/mol. The highest BCUT2D eigenvalue weighted by Crippen LogP contribution is 2.61. The number of aromatic nitrogens is 1. The van der Waals surface area contributed by atoms with Crippen LogP contribution in [0.5, 0.6) is 0 Å². The van der Waals surface area contributed by atoms with Crippen LogP contribution in [-0.2, 0) is 9.59 Å². The fraction of sp³-hybridized carbons (Fsp3) is 0.389. The van der Waals surface area contributed by atoms with Crippen LogP contribution < -0.4 is 4.90 Å². The standard InChI is InChI=1S/C18H16N2O2S/c21-16-14-11-8-12(10-4-2-1-3-5-10)13(9-11)15(14)17(22)20(16)18-19-6-7-23-18/h1-7,11-15H,8-9H2/t11-,12-,13-,14+,15+/m0/s1. The van der Waals surface area contributed by atoms with E-state index in [0.29, 0.717) is 22.9 Å². The molecule has 0 spiro atoms. The topological polar surface area (TPSA) is 50.3 Å². The van der Waals surface area contributed by atoms with Gasteiger partial charge in [-0.1, -0.05) is 30.3 Å². The highest BCUT2D eigenvalue weighted by Gasteiger charge is 2.64. The molecule has 0 unspecified atom stereocenters. The van der Waals surface area contributed by atoms with Crippen LogP contribution in [-0.4, -0.2) is 16.8 Å². The van der Waals surface area contributed by atoms with Gasteiger partial charge in [0, 0.05) is 11.6 Å². The van der Waals surface area contributed by atoms with Crippen molar-refractivity contribution in [3.8, 4) is 0 Å². The van der Waals surface area contributed by atoms with Gasteiger partial charge in [0.1, 0.15) is 0 Å². The van der Waals surface area contributed by atoms with Gasteiger partial charge in [0.15, 0.2) is 5.13 Å². The SMILES string of the molecule is O=C1[C@@H]2[C@@H]3C[C@H]([C@H]2C(=O)N1c1nccs1)[C@H](c1ccccc1)C3. The van der Waals surface area contributed by atoms with Gasteiger partial charge in [-0.05, 0) is 36.2 Å². The lowest BCUT2D eigenvalue weighted by Gasteiger charge is -2.28. The molecule has 5 rings (SSSR count). The highest BCUT2D eigenvalue weighted by atomic mass is 32.1. The van der Waals surface area contributed by atoms with E-state index in [2.05, 4.69) is 29.2 Å². The van der Waals surface area contributed by atoms with E-state index in [4.69, 9.17) is 0 Å². The summed E-state index contributed by atoms with van der Waals surface area (Å²) in [5.74, 6) is 0.754. The van der Waals surface area contributed by atoms with Gasteiger partial charge in [-0.25, -0.2) is 9.88 Å². The third kappa shape index (κ3) is 1.74. The number of imide groups is 1. The maximum Gasteiger partial charge on any atom is 0.239 e. The quantitative estimate of drug-likeness (QED) is 0.798. The van der Waals surface area contributed by atoms with E-state index in [1.165, 1.54) is 21.8 Å². The third-order valence-electron chi connectivity index (χ3n) is 5.85. The van der Waals surface area contributed by atoms with Crippen molar-refractivity contribution in [3.05, 3.63) is 47.5 Å². The monoisotopic (exact) mass is 324 g/mol. The Labute approximate surface area is 138 Å². The minimum atomic E-state index is -0.143. The maximum atomic E-state index is 12.9. The molecular formula is C18H16N2O2S. The molecule has 3 aliphatic rings. The van der Waals surface area contributed by atoms with Crippen LogP contribution in [0.25, 0.3) is 0 Å². The second-order valence-corrected chi connectivity index (χ2v) is 7.66. The van der Waals surface area contributed by atoms with E-state index in [-0.39, 0.29) is 23.7 Å². The summed E-state index contributed by atoms with van der Waals surface area (Å²) in [6.07, 6.45) is 3.69. The Bertz CT molecular complexity index is 774. The first-order valence-electron chi connectivity index (χ1n) is 8.08. The Morgan fingerprint density at radius 3 is 2.57 bits per heavy atom. The number of hydrogen-bond acceptors (Lipinski definition) is 4. The van der Waals surface area contributed by atoms with Gasteiger partial charge in [-0.15, -0.1) is 11.3 Å². The van der Waals surface area contributed by atoms with E-state index in [0.717, 1.165) is 12.8 Å². The number of thiazole rings is 1. The van der Waals surface area contributed by atoms with Crippen LogP contribution >= 0.6 is 11.3 Å². The van der Waals surface area contributed by atoms with Crippen molar-refractivity contribution >= 4 is 28.3 Å². The zero-order valence-corrected chi connectivity index (χ0v) is 13.3. The molecule has 23 heavy (non-hydrogen) atoms. The summed E-state index contributed by atoms with van der Waals surface area (Å²) in [5.41, 5.74) is 1.31. The molecule has 4 nitrogen and oxygen atoms in total. The molecule has 3 fully saturated rings. The summed E-state index contributed by atoms with van der Waals surface area (Å²) in [6.45, 7) is 0. The molecule has 1 saturated heterocycles. The van der Waals surface area contributed by atoms with Gasteiger partial charge < -0.3 is 0 Å². The first kappa shape index (κ1) is 13.4. The smallest absolute Gasteiger partial charge is 0.239 e. The van der Waals surface area contributed by atoms with Gasteiger partial charge >= 0.3 is 0 Å². The molecule has 0 radical (unpaired) electrons. The van der Waals surface area contributed by atoms with Crippen LogP contribution in [0.1, 0.15) is 24.3 Å². The minimum absolute atomic E-state index is 0.0195. The van der Waals surface area contributed by atoms with Gasteiger partial charge in [-0.3, -0.25) is 9.59 Å². The molecule has 0 N–H and O–H groups in total. The van der Waals surface area contributed by atoms with E-state index < -0.39 is 0 Å². The molecular weight excluding hydrogens is 308 g/mol. The summed E-state index contributed by atoms with van der Waals surface area (Å²) in [6, 6.07) is 10.4. The van der Waals surface area contributed by atoms with Gasteiger partial charge in [0.25, 0.3) is 0 Å². The molecule has 1 aromatic carbocycles. The highest BCUT2D eigenvalue weighted by molar-refractivity contribution is 7.14. The zero-order valence-electron chi connectivity index (χ0n) is 12.5. The van der Waals surface area contributed by atoms with Crippen molar-refractivity contribution in [2.45, 2.75) is 18.8 Å². The Morgan fingerprint density at radius 1 is 1.04 bits per heavy atom. The molecule has 1 aliphatic heterocycles. The zero-order chi connectivity index (χ0) is 15.6. The fourth-order valence-electron chi connectivity index (χ4n) is 5.06. The van der Waals surface area contributed by atoms with Crippen LogP contribution in [0.3, 0.4) is 0 Å². The Hall–Kier alpha value is -2.01. The number of nitrogens with zero attached hydrogens (tertiary/aromatic N) is 2. The van der Waals surface area contributed by atoms with Crippen molar-refractivity contribution in [2.24, 2.45) is 23.7 Å². The van der Waals surface area contributed by atoms with Crippen LogP contribution in [0.4, 0.5) is 5.13 Å². The molecule has 2 bridgehead atoms. The first-order chi connectivity index (χ1) is 11.3. The lowest BCUT2D eigenvalue weighted by atomic mass is 9.73. The summed E-state index contributed by atoms with van der Waals surface area (Å²) >= 11 is 1.36. The summed E-state index contributed by atoms with van der Waals surface area (Å²) in [7, 11) is 0. The molecule has 116 valence electrons. The average molecular weight is 324 g/mol. The van der Waals surface area contributed by atoms with Crippen molar-refractivity contribution < 1.29 is 9.59 Å². The van der Waals surface area contributed by atoms with Crippen LogP contribution in [0.2, 0.25) is 0 Å². The van der Waals surface area contributed by atoms with Crippen molar-refractivity contribution in [1.29, 1.82) is 0 Å². The van der Waals surface area contributed by atoms with Crippen LogP contribution in [0.15, 0.2) is 41.9 Å². The largest absolute Gasteiger partial charge is 0.274 e. The van der Waals surface area contributed by atoms with E-state index in [9.17, 15) is 9.59 Å².